The molecule has 0 spiro atoms. The zero-order valence-electron chi connectivity index (χ0n) is 10.4. The number of aromatic amines is 1. The van der Waals surface area contributed by atoms with Gasteiger partial charge in [-0.05, 0) is 13.8 Å². The number of aromatic nitrogens is 5. The molecule has 0 amide bonds. The van der Waals surface area contributed by atoms with Gasteiger partial charge in [0.15, 0.2) is 0 Å². The van der Waals surface area contributed by atoms with E-state index < -0.39 is 0 Å². The number of hydrogen-bond donors (Lipinski definition) is 2. The van der Waals surface area contributed by atoms with Gasteiger partial charge in [0.1, 0.15) is 0 Å². The van der Waals surface area contributed by atoms with Crippen LogP contribution in [-0.4, -0.2) is 38.8 Å². The number of anilines is 1. The van der Waals surface area contributed by atoms with E-state index in [4.69, 9.17) is 9.47 Å². The SMILES string of the molecule is CCNc1nc(OC)nc(Oc2cc(C)[nH]n2)n1. The van der Waals surface area contributed by atoms with Crippen molar-refractivity contribution in [2.45, 2.75) is 13.8 Å². The molecule has 0 atom stereocenters. The first kappa shape index (κ1) is 12.1. The third-order valence-electron chi connectivity index (χ3n) is 1.99. The molecule has 2 aromatic rings. The highest BCUT2D eigenvalue weighted by atomic mass is 16.5. The zero-order valence-corrected chi connectivity index (χ0v) is 10.4. The Balaban J connectivity index is 2.23. The Labute approximate surface area is 104 Å². The zero-order chi connectivity index (χ0) is 13.0. The molecule has 0 saturated heterocycles. The van der Waals surface area contributed by atoms with E-state index in [0.29, 0.717) is 18.4 Å². The number of nitrogens with one attached hydrogen (secondary N) is 2. The van der Waals surface area contributed by atoms with E-state index in [0.717, 1.165) is 5.69 Å². The van der Waals surface area contributed by atoms with Gasteiger partial charge in [-0.3, -0.25) is 5.10 Å². The second-order valence-corrected chi connectivity index (χ2v) is 3.45. The maximum Gasteiger partial charge on any atom is 0.331 e. The van der Waals surface area contributed by atoms with Crippen LogP contribution in [0.3, 0.4) is 0 Å². The van der Waals surface area contributed by atoms with Crippen LogP contribution in [-0.2, 0) is 0 Å². The Morgan fingerprint density at radius 2 is 2.06 bits per heavy atom. The van der Waals surface area contributed by atoms with Crippen molar-refractivity contribution in [3.8, 4) is 17.9 Å². The molecule has 2 rings (SSSR count). The van der Waals surface area contributed by atoms with Crippen LogP contribution in [0.5, 0.6) is 17.9 Å². The number of methoxy groups -OCH3 is 1. The molecule has 0 aromatic carbocycles. The summed E-state index contributed by atoms with van der Waals surface area (Å²) in [5.41, 5.74) is 0.887. The molecule has 96 valence electrons. The molecule has 0 aliphatic rings. The van der Waals surface area contributed by atoms with Crippen molar-refractivity contribution in [2.24, 2.45) is 0 Å². The van der Waals surface area contributed by atoms with Gasteiger partial charge in [0.25, 0.3) is 0 Å². The molecular formula is C10H14N6O2. The summed E-state index contributed by atoms with van der Waals surface area (Å²) in [6, 6.07) is 2.05. The molecule has 8 nitrogen and oxygen atoms in total. The number of H-pyrrole nitrogens is 1. The van der Waals surface area contributed by atoms with E-state index in [2.05, 4.69) is 30.5 Å². The smallest absolute Gasteiger partial charge is 0.331 e. The highest BCUT2D eigenvalue weighted by molar-refractivity contribution is 5.28. The quantitative estimate of drug-likeness (QED) is 0.820. The van der Waals surface area contributed by atoms with Gasteiger partial charge in [0, 0.05) is 18.3 Å². The largest absolute Gasteiger partial charge is 0.467 e. The monoisotopic (exact) mass is 250 g/mol. The molecular weight excluding hydrogens is 236 g/mol. The fourth-order valence-electron chi connectivity index (χ4n) is 1.25. The summed E-state index contributed by atoms with van der Waals surface area (Å²) in [4.78, 5) is 12.1. The summed E-state index contributed by atoms with van der Waals surface area (Å²) in [5, 5.41) is 9.66. The fraction of sp³-hybridized carbons (Fsp3) is 0.400. The molecule has 2 heterocycles. The van der Waals surface area contributed by atoms with Crippen LogP contribution >= 0.6 is 0 Å². The van der Waals surface area contributed by atoms with Crippen LogP contribution < -0.4 is 14.8 Å². The Hall–Kier alpha value is -2.38. The third kappa shape index (κ3) is 2.84. The van der Waals surface area contributed by atoms with E-state index in [1.54, 1.807) is 6.07 Å². The van der Waals surface area contributed by atoms with Gasteiger partial charge in [0.05, 0.1) is 7.11 Å². The maximum atomic E-state index is 5.40. The molecule has 2 N–H and O–H groups in total. The molecule has 0 aliphatic heterocycles. The molecule has 0 unspecified atom stereocenters. The van der Waals surface area contributed by atoms with Crippen molar-refractivity contribution < 1.29 is 9.47 Å². The highest BCUT2D eigenvalue weighted by Gasteiger charge is 2.09. The molecule has 0 fully saturated rings. The Morgan fingerprint density at radius 3 is 2.67 bits per heavy atom. The minimum Gasteiger partial charge on any atom is -0.467 e. The molecule has 0 bridgehead atoms. The summed E-state index contributed by atoms with van der Waals surface area (Å²) >= 11 is 0. The minimum atomic E-state index is 0.129. The predicted octanol–water partition coefficient (Wildman–Crippen LogP) is 1.14. The molecule has 0 saturated carbocycles. The average Bonchev–Trinajstić information content (AvgIpc) is 2.75. The van der Waals surface area contributed by atoms with Crippen molar-refractivity contribution in [2.75, 3.05) is 19.0 Å². The lowest BCUT2D eigenvalue weighted by atomic mass is 10.5. The van der Waals surface area contributed by atoms with Gasteiger partial charge in [-0.1, -0.05) is 0 Å². The van der Waals surface area contributed by atoms with Crippen LogP contribution in [0.1, 0.15) is 12.6 Å². The lowest BCUT2D eigenvalue weighted by Crippen LogP contribution is -2.06. The van der Waals surface area contributed by atoms with Gasteiger partial charge in [0.2, 0.25) is 11.8 Å². The first-order chi connectivity index (χ1) is 8.71. The summed E-state index contributed by atoms with van der Waals surface area (Å²) in [6.07, 6.45) is 0. The first-order valence-corrected chi connectivity index (χ1v) is 5.45. The molecule has 2 aromatic heterocycles. The van der Waals surface area contributed by atoms with Gasteiger partial charge < -0.3 is 14.8 Å². The summed E-state index contributed by atoms with van der Waals surface area (Å²) in [6.45, 7) is 4.50. The van der Waals surface area contributed by atoms with E-state index in [1.807, 2.05) is 13.8 Å². The van der Waals surface area contributed by atoms with Crippen molar-refractivity contribution >= 4 is 5.95 Å². The first-order valence-electron chi connectivity index (χ1n) is 5.45. The number of nitrogens with zero attached hydrogens (tertiary/aromatic N) is 4. The van der Waals surface area contributed by atoms with Crippen molar-refractivity contribution in [1.82, 2.24) is 25.1 Å². The highest BCUT2D eigenvalue weighted by Crippen LogP contribution is 2.18. The van der Waals surface area contributed by atoms with Crippen molar-refractivity contribution in [1.29, 1.82) is 0 Å². The third-order valence-corrected chi connectivity index (χ3v) is 1.99. The second-order valence-electron chi connectivity index (χ2n) is 3.45. The van der Waals surface area contributed by atoms with Crippen LogP contribution in [0.2, 0.25) is 0 Å². The molecule has 0 radical (unpaired) electrons. The molecule has 0 aliphatic carbocycles. The number of rotatable bonds is 5. The Bertz CT molecular complexity index is 527. The van der Waals surface area contributed by atoms with Gasteiger partial charge in [-0.25, -0.2) is 0 Å². The topological polar surface area (TPSA) is 97.8 Å². The summed E-state index contributed by atoms with van der Waals surface area (Å²) in [7, 11) is 1.48. The summed E-state index contributed by atoms with van der Waals surface area (Å²) < 4.78 is 10.4. The standard InChI is InChI=1S/C10H14N6O2/c1-4-11-8-12-9(17-3)14-10(13-8)18-7-5-6(2)15-16-7/h5H,4H2,1-3H3,(H,15,16)(H,11,12,13,14). The number of aryl methyl sites for hydroxylation is 1. The minimum absolute atomic E-state index is 0.129. The Morgan fingerprint density at radius 1 is 1.28 bits per heavy atom. The fourth-order valence-corrected chi connectivity index (χ4v) is 1.25. The Kier molecular flexibility index (Phi) is 3.56. The van der Waals surface area contributed by atoms with E-state index in [-0.39, 0.29) is 12.0 Å². The number of hydrogen-bond acceptors (Lipinski definition) is 7. The van der Waals surface area contributed by atoms with Gasteiger partial charge in [-0.15, -0.1) is 10.1 Å². The van der Waals surface area contributed by atoms with E-state index >= 15 is 0 Å². The van der Waals surface area contributed by atoms with Crippen molar-refractivity contribution in [3.05, 3.63) is 11.8 Å². The average molecular weight is 250 g/mol. The van der Waals surface area contributed by atoms with Gasteiger partial charge >= 0.3 is 12.0 Å². The maximum absolute atomic E-state index is 5.40. The second kappa shape index (κ2) is 5.30. The predicted molar refractivity (Wildman–Crippen MR) is 63.9 cm³/mol. The van der Waals surface area contributed by atoms with Crippen LogP contribution in [0.4, 0.5) is 5.95 Å². The van der Waals surface area contributed by atoms with Crippen LogP contribution in [0, 0.1) is 6.92 Å². The van der Waals surface area contributed by atoms with Gasteiger partial charge in [-0.2, -0.15) is 9.97 Å². The van der Waals surface area contributed by atoms with Crippen LogP contribution in [0.15, 0.2) is 6.07 Å². The van der Waals surface area contributed by atoms with Crippen molar-refractivity contribution in [3.63, 3.8) is 0 Å². The molecule has 8 heteroatoms. The van der Waals surface area contributed by atoms with E-state index in [9.17, 15) is 0 Å². The normalized spacial score (nSPS) is 10.2. The van der Waals surface area contributed by atoms with E-state index in [1.165, 1.54) is 7.11 Å². The lowest BCUT2D eigenvalue weighted by Gasteiger charge is -2.05. The lowest BCUT2D eigenvalue weighted by molar-refractivity contribution is 0.357. The summed E-state index contributed by atoms with van der Waals surface area (Å²) in [5.74, 6) is 0.787. The number of ether oxygens (including phenoxy) is 2. The van der Waals surface area contributed by atoms with Crippen LogP contribution in [0.25, 0.3) is 0 Å². The molecule has 18 heavy (non-hydrogen) atoms.